The first kappa shape index (κ1) is 18.1. The molecule has 0 saturated heterocycles. The van der Waals surface area contributed by atoms with Crippen LogP contribution in [0.3, 0.4) is 0 Å². The van der Waals surface area contributed by atoms with Crippen LogP contribution < -0.4 is 14.4 Å². The molecule has 2 aromatic rings. The molecule has 0 fully saturated rings. The van der Waals surface area contributed by atoms with Gasteiger partial charge in [0.1, 0.15) is 18.0 Å². The van der Waals surface area contributed by atoms with Gasteiger partial charge in [-0.15, -0.1) is 0 Å². The minimum Gasteiger partial charge on any atom is -0.482 e. The van der Waals surface area contributed by atoms with Crippen LogP contribution in [0.5, 0.6) is 11.5 Å². The van der Waals surface area contributed by atoms with E-state index in [0.717, 1.165) is 4.90 Å². The third kappa shape index (κ3) is 3.92. The number of hydrogen-bond acceptors (Lipinski definition) is 7. The van der Waals surface area contributed by atoms with Gasteiger partial charge in [0, 0.05) is 17.7 Å². The maximum atomic E-state index is 12.2. The van der Waals surface area contributed by atoms with Crippen molar-refractivity contribution in [2.75, 3.05) is 18.1 Å². The summed E-state index contributed by atoms with van der Waals surface area (Å²) in [5.41, 5.74) is 0.369. The van der Waals surface area contributed by atoms with E-state index in [1.54, 1.807) is 0 Å². The fraction of sp³-hybridized carbons (Fsp3) is 0.167. The molecule has 1 heterocycles. The summed E-state index contributed by atoms with van der Waals surface area (Å²) in [6.07, 6.45) is 0. The first-order valence-corrected chi connectivity index (χ1v) is 7.88. The van der Waals surface area contributed by atoms with E-state index >= 15 is 0 Å². The van der Waals surface area contributed by atoms with Crippen molar-refractivity contribution in [2.24, 2.45) is 0 Å². The number of non-ortho nitro benzene ring substituents is 1. The first-order valence-electron chi connectivity index (χ1n) is 7.88. The molecule has 0 radical (unpaired) electrons. The van der Waals surface area contributed by atoms with Crippen LogP contribution in [-0.2, 0) is 9.59 Å². The summed E-state index contributed by atoms with van der Waals surface area (Å²) < 4.78 is 10.4. The molecule has 3 rings (SSSR count). The van der Waals surface area contributed by atoms with E-state index in [1.165, 1.54) is 49.4 Å². The molecule has 0 unspecified atom stereocenters. The molecule has 2 aromatic carbocycles. The average Bonchev–Trinajstić information content (AvgIpc) is 2.64. The first-order chi connectivity index (χ1) is 12.8. The number of nitro groups is 1. The molecule has 1 amide bonds. The molecule has 0 saturated carbocycles. The molecule has 1 aliphatic rings. The molecule has 0 bridgehead atoms. The lowest BCUT2D eigenvalue weighted by atomic mass is 10.1. The van der Waals surface area contributed by atoms with Crippen molar-refractivity contribution in [1.82, 2.24) is 0 Å². The monoisotopic (exact) mass is 370 g/mol. The van der Waals surface area contributed by atoms with E-state index < -0.39 is 23.3 Å². The van der Waals surface area contributed by atoms with Gasteiger partial charge >= 0.3 is 5.97 Å². The Kier molecular flexibility index (Phi) is 4.84. The van der Waals surface area contributed by atoms with Gasteiger partial charge in [0.2, 0.25) is 0 Å². The topological polar surface area (TPSA) is 116 Å². The van der Waals surface area contributed by atoms with Gasteiger partial charge in [-0.3, -0.25) is 24.6 Å². The lowest BCUT2D eigenvalue weighted by molar-refractivity contribution is -0.384. The van der Waals surface area contributed by atoms with Crippen LogP contribution in [0.25, 0.3) is 0 Å². The predicted molar refractivity (Wildman–Crippen MR) is 93.0 cm³/mol. The van der Waals surface area contributed by atoms with E-state index in [9.17, 15) is 24.5 Å². The van der Waals surface area contributed by atoms with Gasteiger partial charge in [0.15, 0.2) is 12.4 Å². The Hall–Kier alpha value is -3.75. The van der Waals surface area contributed by atoms with Gasteiger partial charge in [0.05, 0.1) is 10.6 Å². The second-order valence-electron chi connectivity index (χ2n) is 5.73. The van der Waals surface area contributed by atoms with Gasteiger partial charge in [-0.25, -0.2) is 4.79 Å². The van der Waals surface area contributed by atoms with Crippen molar-refractivity contribution >= 4 is 29.0 Å². The molecule has 0 aliphatic carbocycles. The fourth-order valence-corrected chi connectivity index (χ4v) is 2.53. The number of ether oxygens (including phenoxy) is 2. The minimum absolute atomic E-state index is 0.120. The lowest BCUT2D eigenvalue weighted by Crippen LogP contribution is -2.43. The molecule has 0 spiro atoms. The Labute approximate surface area is 153 Å². The van der Waals surface area contributed by atoms with Crippen LogP contribution in [0, 0.1) is 10.1 Å². The number of Topliss-reactive ketones (excluding diaryl/α,β-unsaturated/α-hetero) is 1. The van der Waals surface area contributed by atoms with Crippen LogP contribution in [-0.4, -0.2) is 35.7 Å². The quantitative estimate of drug-likeness (QED) is 0.260. The van der Waals surface area contributed by atoms with Crippen molar-refractivity contribution in [3.05, 3.63) is 58.1 Å². The Balaban J connectivity index is 1.77. The Bertz CT molecular complexity index is 937. The van der Waals surface area contributed by atoms with Gasteiger partial charge < -0.3 is 9.47 Å². The summed E-state index contributed by atoms with van der Waals surface area (Å²) >= 11 is 0. The normalized spacial score (nSPS) is 12.8. The highest BCUT2D eigenvalue weighted by atomic mass is 16.6. The lowest BCUT2D eigenvalue weighted by Gasteiger charge is -2.28. The summed E-state index contributed by atoms with van der Waals surface area (Å²) in [6.45, 7) is 0.692. The van der Waals surface area contributed by atoms with Crippen molar-refractivity contribution in [3.63, 3.8) is 0 Å². The number of rotatable bonds is 5. The van der Waals surface area contributed by atoms with Crippen LogP contribution >= 0.6 is 0 Å². The molecular formula is C18H14N2O7. The maximum absolute atomic E-state index is 12.2. The number of nitro benzene ring substituents is 1. The van der Waals surface area contributed by atoms with Crippen LogP contribution in [0.4, 0.5) is 11.4 Å². The van der Waals surface area contributed by atoms with Gasteiger partial charge in [-0.1, -0.05) is 0 Å². The summed E-state index contributed by atoms with van der Waals surface area (Å²) in [5, 5.41) is 11.0. The van der Waals surface area contributed by atoms with E-state index in [0.29, 0.717) is 5.56 Å². The Morgan fingerprint density at radius 1 is 1.22 bits per heavy atom. The summed E-state index contributed by atoms with van der Waals surface area (Å²) in [6, 6.07) is 9.76. The molecule has 0 N–H and O–H groups in total. The highest BCUT2D eigenvalue weighted by Crippen LogP contribution is 2.35. The summed E-state index contributed by atoms with van der Waals surface area (Å²) in [4.78, 5) is 47.0. The number of fused-ring (bicyclic) bond motifs is 1. The van der Waals surface area contributed by atoms with Crippen molar-refractivity contribution in [3.8, 4) is 11.5 Å². The Morgan fingerprint density at radius 3 is 2.56 bits per heavy atom. The zero-order valence-electron chi connectivity index (χ0n) is 14.2. The van der Waals surface area contributed by atoms with Crippen LogP contribution in [0.15, 0.2) is 42.5 Å². The number of carbonyl (C=O) groups is 3. The number of nitrogens with zero attached hydrogens (tertiary/aromatic N) is 2. The fourth-order valence-electron chi connectivity index (χ4n) is 2.53. The highest BCUT2D eigenvalue weighted by Gasteiger charge is 2.29. The minimum atomic E-state index is -0.738. The molecule has 0 aromatic heterocycles. The molecule has 27 heavy (non-hydrogen) atoms. The molecule has 9 heteroatoms. The molecule has 138 valence electrons. The molecule has 0 atom stereocenters. The van der Waals surface area contributed by atoms with Gasteiger partial charge in [-0.2, -0.15) is 0 Å². The second kappa shape index (κ2) is 7.24. The zero-order valence-corrected chi connectivity index (χ0v) is 14.2. The standard InChI is InChI=1S/C18H14N2O7/c1-11(21)12-2-5-14(6-3-12)27-18(23)9-19-15-8-13(20(24)25)4-7-16(15)26-10-17(19)22/h2-8H,9-10H2,1H3. The zero-order chi connectivity index (χ0) is 19.6. The molecular weight excluding hydrogens is 356 g/mol. The molecule has 9 nitrogen and oxygen atoms in total. The van der Waals surface area contributed by atoms with Gasteiger partial charge in [-0.05, 0) is 37.3 Å². The number of anilines is 1. The van der Waals surface area contributed by atoms with E-state index in [1.807, 2.05) is 0 Å². The maximum Gasteiger partial charge on any atom is 0.331 e. The van der Waals surface area contributed by atoms with Crippen molar-refractivity contribution < 1.29 is 28.8 Å². The predicted octanol–water partition coefficient (Wildman–Crippen LogP) is 2.13. The summed E-state index contributed by atoms with van der Waals surface area (Å²) in [7, 11) is 0. The van der Waals surface area contributed by atoms with Crippen LogP contribution in [0.2, 0.25) is 0 Å². The van der Waals surface area contributed by atoms with Crippen molar-refractivity contribution in [2.45, 2.75) is 6.92 Å². The third-order valence-corrected chi connectivity index (χ3v) is 3.88. The van der Waals surface area contributed by atoms with Crippen LogP contribution in [0.1, 0.15) is 17.3 Å². The number of hydrogen-bond donors (Lipinski definition) is 0. The van der Waals surface area contributed by atoms with Crippen molar-refractivity contribution in [1.29, 1.82) is 0 Å². The largest absolute Gasteiger partial charge is 0.482 e. The smallest absolute Gasteiger partial charge is 0.331 e. The average molecular weight is 370 g/mol. The number of esters is 1. The van der Waals surface area contributed by atoms with E-state index in [2.05, 4.69) is 0 Å². The number of amides is 1. The third-order valence-electron chi connectivity index (χ3n) is 3.88. The summed E-state index contributed by atoms with van der Waals surface area (Å²) in [5.74, 6) is -0.904. The SMILES string of the molecule is CC(=O)c1ccc(OC(=O)CN2C(=O)COc3ccc([N+](=O)[O-])cc32)cc1. The molecule has 1 aliphatic heterocycles. The number of ketones is 1. The van der Waals surface area contributed by atoms with E-state index in [4.69, 9.17) is 9.47 Å². The number of benzene rings is 2. The number of carbonyl (C=O) groups excluding carboxylic acids is 3. The highest BCUT2D eigenvalue weighted by molar-refractivity contribution is 6.02. The Morgan fingerprint density at radius 2 is 1.93 bits per heavy atom. The van der Waals surface area contributed by atoms with Gasteiger partial charge in [0.25, 0.3) is 11.6 Å². The second-order valence-corrected chi connectivity index (χ2v) is 5.73. The van der Waals surface area contributed by atoms with E-state index in [-0.39, 0.29) is 35.3 Å².